The molecule has 3 rings (SSSR count). The van der Waals surface area contributed by atoms with E-state index in [2.05, 4.69) is 6.92 Å². The number of hydrogen-bond acceptors (Lipinski definition) is 2. The summed E-state index contributed by atoms with van der Waals surface area (Å²) >= 11 is 0. The molecule has 1 aliphatic rings. The van der Waals surface area contributed by atoms with E-state index in [0.29, 0.717) is 12.5 Å². The molecular weight excluding hydrogens is 274 g/mol. The van der Waals surface area contributed by atoms with E-state index in [1.54, 1.807) is 18.0 Å². The van der Waals surface area contributed by atoms with Gasteiger partial charge in [-0.2, -0.15) is 0 Å². The number of nitrogens with zero attached hydrogens (tertiary/aromatic N) is 1. The fourth-order valence-corrected chi connectivity index (χ4v) is 2.57. The van der Waals surface area contributed by atoms with Gasteiger partial charge in [-0.05, 0) is 36.1 Å². The fourth-order valence-electron chi connectivity index (χ4n) is 2.57. The molecule has 1 aromatic carbocycles. The summed E-state index contributed by atoms with van der Waals surface area (Å²) in [6.45, 7) is 2.73. The van der Waals surface area contributed by atoms with Crippen LogP contribution in [0.4, 0.5) is 0 Å². The Morgan fingerprint density at radius 3 is 2.68 bits per heavy atom. The Hall–Kier alpha value is -2.29. The van der Waals surface area contributed by atoms with Gasteiger partial charge in [-0.25, -0.2) is 0 Å². The summed E-state index contributed by atoms with van der Waals surface area (Å²) in [4.78, 5) is 13.8. The van der Waals surface area contributed by atoms with Crippen LogP contribution >= 0.6 is 0 Å². The van der Waals surface area contributed by atoms with Crippen LogP contribution in [0.1, 0.15) is 36.3 Å². The maximum Gasteiger partial charge on any atom is 0.246 e. The third kappa shape index (κ3) is 3.48. The van der Waals surface area contributed by atoms with E-state index in [4.69, 9.17) is 4.42 Å². The van der Waals surface area contributed by atoms with Crippen LogP contribution < -0.4 is 0 Å². The van der Waals surface area contributed by atoms with Gasteiger partial charge < -0.3 is 9.32 Å². The first kappa shape index (κ1) is 14.6. The van der Waals surface area contributed by atoms with E-state index < -0.39 is 0 Å². The van der Waals surface area contributed by atoms with Gasteiger partial charge in [0.2, 0.25) is 5.91 Å². The molecular formula is C19H21NO2. The molecule has 1 heterocycles. The van der Waals surface area contributed by atoms with Crippen molar-refractivity contribution in [1.82, 2.24) is 4.90 Å². The highest BCUT2D eigenvalue weighted by atomic mass is 16.3. The van der Waals surface area contributed by atoms with Crippen molar-refractivity contribution in [2.75, 3.05) is 7.05 Å². The molecule has 3 nitrogen and oxygen atoms in total. The molecule has 0 radical (unpaired) electrons. The van der Waals surface area contributed by atoms with Crippen LogP contribution in [0.15, 0.2) is 53.0 Å². The maximum absolute atomic E-state index is 12.1. The third-order valence-corrected chi connectivity index (χ3v) is 4.14. The monoisotopic (exact) mass is 295 g/mol. The molecule has 2 aromatic rings. The van der Waals surface area contributed by atoms with Crippen LogP contribution in [0.5, 0.6) is 0 Å². The summed E-state index contributed by atoms with van der Waals surface area (Å²) in [7, 11) is 1.79. The largest absolute Gasteiger partial charge is 0.464 e. The molecule has 0 saturated heterocycles. The quantitative estimate of drug-likeness (QED) is 0.779. The van der Waals surface area contributed by atoms with Gasteiger partial charge in [0.05, 0.1) is 6.54 Å². The van der Waals surface area contributed by atoms with E-state index in [0.717, 1.165) is 23.0 Å². The zero-order valence-electron chi connectivity index (χ0n) is 13.0. The molecule has 1 amide bonds. The Kier molecular flexibility index (Phi) is 4.14. The molecule has 0 spiro atoms. The molecule has 0 aliphatic heterocycles. The van der Waals surface area contributed by atoms with Crippen molar-refractivity contribution >= 4 is 12.0 Å². The topological polar surface area (TPSA) is 33.5 Å². The fraction of sp³-hybridized carbons (Fsp3) is 0.316. The minimum atomic E-state index is -0.0263. The van der Waals surface area contributed by atoms with Gasteiger partial charge in [0.25, 0.3) is 0 Å². The number of hydrogen-bond donors (Lipinski definition) is 0. The Morgan fingerprint density at radius 1 is 1.27 bits per heavy atom. The second-order valence-electron chi connectivity index (χ2n) is 6.06. The van der Waals surface area contributed by atoms with Gasteiger partial charge >= 0.3 is 0 Å². The van der Waals surface area contributed by atoms with Crippen molar-refractivity contribution in [3.8, 4) is 0 Å². The molecule has 114 valence electrons. The third-order valence-electron chi connectivity index (χ3n) is 4.14. The van der Waals surface area contributed by atoms with Gasteiger partial charge in [0, 0.05) is 19.0 Å². The summed E-state index contributed by atoms with van der Waals surface area (Å²) in [5, 5.41) is 0. The minimum absolute atomic E-state index is 0.0263. The van der Waals surface area contributed by atoms with E-state index >= 15 is 0 Å². The molecule has 3 heteroatoms. The Balaban J connectivity index is 1.57. The number of carbonyl (C=O) groups is 1. The van der Waals surface area contributed by atoms with E-state index in [-0.39, 0.29) is 5.91 Å². The molecule has 22 heavy (non-hydrogen) atoms. The SMILES string of the molecule is C[C@H]1C[C@H]1c1ccc(CN(C)C(=O)/C=C/c2ccccc2)o1. The normalized spacial score (nSPS) is 20.3. The number of likely N-dealkylation sites (N-methyl/N-ethyl adjacent to an activating group) is 1. The van der Waals surface area contributed by atoms with Crippen LogP contribution in [0, 0.1) is 5.92 Å². The van der Waals surface area contributed by atoms with Gasteiger partial charge in [0.15, 0.2) is 0 Å². The summed E-state index contributed by atoms with van der Waals surface area (Å²) in [6, 6.07) is 13.8. The zero-order valence-corrected chi connectivity index (χ0v) is 13.0. The number of furan rings is 1. The Bertz CT molecular complexity index is 672. The lowest BCUT2D eigenvalue weighted by Crippen LogP contribution is -2.23. The molecule has 0 unspecified atom stereocenters. The van der Waals surface area contributed by atoms with Gasteiger partial charge in [-0.15, -0.1) is 0 Å². The molecule has 1 aromatic heterocycles. The number of benzene rings is 1. The standard InChI is InChI=1S/C19H21NO2/c1-14-12-17(14)18-10-9-16(22-18)13-20(2)19(21)11-8-15-6-4-3-5-7-15/h3-11,14,17H,12-13H2,1-2H3/b11-8+/t14-,17+/m0/s1. The number of rotatable bonds is 5. The molecule has 1 fully saturated rings. The van der Waals surface area contributed by atoms with Crippen molar-refractivity contribution in [3.63, 3.8) is 0 Å². The van der Waals surface area contributed by atoms with Crippen LogP contribution in [0.2, 0.25) is 0 Å². The van der Waals surface area contributed by atoms with Crippen molar-refractivity contribution in [1.29, 1.82) is 0 Å². The van der Waals surface area contributed by atoms with Crippen molar-refractivity contribution in [2.45, 2.75) is 25.8 Å². The van der Waals surface area contributed by atoms with Crippen LogP contribution in [-0.2, 0) is 11.3 Å². The van der Waals surface area contributed by atoms with Gasteiger partial charge in [0.1, 0.15) is 11.5 Å². The predicted molar refractivity (Wildman–Crippen MR) is 87.2 cm³/mol. The lowest BCUT2D eigenvalue weighted by molar-refractivity contribution is -0.125. The molecule has 1 aliphatic carbocycles. The van der Waals surface area contributed by atoms with Crippen LogP contribution in [0.3, 0.4) is 0 Å². The lowest BCUT2D eigenvalue weighted by Gasteiger charge is -2.13. The second kappa shape index (κ2) is 6.22. The highest BCUT2D eigenvalue weighted by Crippen LogP contribution is 2.47. The zero-order chi connectivity index (χ0) is 15.5. The van der Waals surface area contributed by atoms with Crippen molar-refractivity contribution < 1.29 is 9.21 Å². The van der Waals surface area contributed by atoms with E-state index in [1.165, 1.54) is 6.42 Å². The Labute approximate surface area is 131 Å². The second-order valence-corrected chi connectivity index (χ2v) is 6.06. The summed E-state index contributed by atoms with van der Waals surface area (Å²) in [5.41, 5.74) is 1.02. The van der Waals surface area contributed by atoms with Crippen LogP contribution in [-0.4, -0.2) is 17.9 Å². The highest BCUT2D eigenvalue weighted by Gasteiger charge is 2.36. The maximum atomic E-state index is 12.1. The summed E-state index contributed by atoms with van der Waals surface area (Å²) < 4.78 is 5.84. The van der Waals surface area contributed by atoms with E-state index in [1.807, 2.05) is 48.5 Å². The summed E-state index contributed by atoms with van der Waals surface area (Å²) in [6.07, 6.45) is 4.64. The summed E-state index contributed by atoms with van der Waals surface area (Å²) in [5.74, 6) is 3.18. The first-order valence-electron chi connectivity index (χ1n) is 7.70. The first-order chi connectivity index (χ1) is 10.6. The average molecular weight is 295 g/mol. The molecule has 1 saturated carbocycles. The first-order valence-corrected chi connectivity index (χ1v) is 7.70. The molecule has 2 atom stereocenters. The van der Waals surface area contributed by atoms with Crippen LogP contribution in [0.25, 0.3) is 6.08 Å². The highest BCUT2D eigenvalue weighted by molar-refractivity contribution is 5.91. The molecule has 0 bridgehead atoms. The number of carbonyl (C=O) groups excluding carboxylic acids is 1. The predicted octanol–water partition coefficient (Wildman–Crippen LogP) is 4.07. The lowest BCUT2D eigenvalue weighted by atomic mass is 10.2. The van der Waals surface area contributed by atoms with Gasteiger partial charge in [-0.1, -0.05) is 37.3 Å². The number of amides is 1. The minimum Gasteiger partial charge on any atom is -0.464 e. The Morgan fingerprint density at radius 2 is 2.00 bits per heavy atom. The van der Waals surface area contributed by atoms with Gasteiger partial charge in [-0.3, -0.25) is 4.79 Å². The van der Waals surface area contributed by atoms with Crippen molar-refractivity contribution in [2.24, 2.45) is 5.92 Å². The average Bonchev–Trinajstić information content (AvgIpc) is 3.08. The molecule has 0 N–H and O–H groups in total. The van der Waals surface area contributed by atoms with E-state index in [9.17, 15) is 4.79 Å². The van der Waals surface area contributed by atoms with Crippen molar-refractivity contribution in [3.05, 3.63) is 65.6 Å². The smallest absolute Gasteiger partial charge is 0.246 e.